The van der Waals surface area contributed by atoms with Gasteiger partial charge in [-0.2, -0.15) is 0 Å². The molecular weight excluding hydrogens is 384 g/mol. The second kappa shape index (κ2) is 9.36. The zero-order valence-electron chi connectivity index (χ0n) is 15.1. The highest BCUT2D eigenvalue weighted by Gasteiger charge is 2.16. The van der Waals surface area contributed by atoms with Crippen molar-refractivity contribution in [2.24, 2.45) is 0 Å². The van der Waals surface area contributed by atoms with E-state index in [0.717, 1.165) is 0 Å². The van der Waals surface area contributed by atoms with E-state index in [1.165, 1.54) is 36.4 Å². The Labute approximate surface area is 164 Å². The summed E-state index contributed by atoms with van der Waals surface area (Å²) in [5.41, 5.74) is 1.25. The molecule has 2 aromatic carbocycles. The van der Waals surface area contributed by atoms with Crippen molar-refractivity contribution in [3.8, 4) is 11.5 Å². The van der Waals surface area contributed by atoms with E-state index >= 15 is 0 Å². The summed E-state index contributed by atoms with van der Waals surface area (Å²) < 4.78 is 5.77. The molecule has 0 saturated carbocycles. The van der Waals surface area contributed by atoms with Crippen LogP contribution in [0, 0.1) is 0 Å². The van der Waals surface area contributed by atoms with Crippen LogP contribution in [0.3, 0.4) is 0 Å². The van der Waals surface area contributed by atoms with Gasteiger partial charge in [0.15, 0.2) is 0 Å². The fourth-order valence-corrected chi connectivity index (χ4v) is 2.69. The van der Waals surface area contributed by atoms with Crippen molar-refractivity contribution in [2.75, 3.05) is 0 Å². The SMILES string of the molecule is O=C(O)Cc1ccc(CC(=O)O)c(Oc2cc(CC(=O)O)ccc2CC(=O)O)c1. The molecule has 0 fully saturated rings. The summed E-state index contributed by atoms with van der Waals surface area (Å²) in [6, 6.07) is 8.55. The van der Waals surface area contributed by atoms with Crippen molar-refractivity contribution in [1.29, 1.82) is 0 Å². The maximum atomic E-state index is 11.1. The molecule has 0 saturated heterocycles. The normalized spacial score (nSPS) is 10.3. The summed E-state index contributed by atoms with van der Waals surface area (Å²) in [7, 11) is 0. The molecule has 29 heavy (non-hydrogen) atoms. The molecule has 0 aromatic heterocycles. The lowest BCUT2D eigenvalue weighted by atomic mass is 10.0. The molecule has 9 nitrogen and oxygen atoms in total. The summed E-state index contributed by atoms with van der Waals surface area (Å²) in [6.07, 6.45) is -1.42. The minimum Gasteiger partial charge on any atom is -0.481 e. The highest BCUT2D eigenvalue weighted by molar-refractivity contribution is 5.74. The number of carboxylic acid groups (broad SMARTS) is 4. The van der Waals surface area contributed by atoms with E-state index in [4.69, 9.17) is 25.2 Å². The van der Waals surface area contributed by atoms with Crippen LogP contribution in [0.1, 0.15) is 22.3 Å². The topological polar surface area (TPSA) is 158 Å². The van der Waals surface area contributed by atoms with Gasteiger partial charge < -0.3 is 25.2 Å². The Bertz CT molecular complexity index is 885. The summed E-state index contributed by atoms with van der Waals surface area (Å²) >= 11 is 0. The Hall–Kier alpha value is -3.88. The average Bonchev–Trinajstić information content (AvgIpc) is 2.57. The van der Waals surface area contributed by atoms with Crippen molar-refractivity contribution < 1.29 is 44.3 Å². The molecule has 0 bridgehead atoms. The predicted molar refractivity (Wildman–Crippen MR) is 98.3 cm³/mol. The molecule has 0 spiro atoms. The van der Waals surface area contributed by atoms with Gasteiger partial charge in [-0.15, -0.1) is 0 Å². The molecule has 0 aliphatic heterocycles. The first kappa shape index (κ1) is 21.4. The minimum atomic E-state index is -1.13. The van der Waals surface area contributed by atoms with Crippen LogP contribution in [0.25, 0.3) is 0 Å². The van der Waals surface area contributed by atoms with E-state index in [1.807, 2.05) is 0 Å². The van der Waals surface area contributed by atoms with Gasteiger partial charge in [0.25, 0.3) is 0 Å². The third kappa shape index (κ3) is 6.65. The minimum absolute atomic E-state index is 0.0604. The molecule has 4 N–H and O–H groups in total. The lowest BCUT2D eigenvalue weighted by Gasteiger charge is -2.15. The van der Waals surface area contributed by atoms with Crippen LogP contribution in [0.4, 0.5) is 0 Å². The fourth-order valence-electron chi connectivity index (χ4n) is 2.69. The Balaban J connectivity index is 2.50. The van der Waals surface area contributed by atoms with Crippen LogP contribution >= 0.6 is 0 Å². The van der Waals surface area contributed by atoms with Gasteiger partial charge in [-0.1, -0.05) is 24.3 Å². The number of hydrogen-bond donors (Lipinski definition) is 4. The molecule has 2 aromatic rings. The number of carboxylic acids is 4. The standard InChI is InChI=1S/C20H18O9/c21-17(22)7-11-1-3-13(9-19(25)26)15(5-11)29-16-6-12(8-18(23)24)2-4-14(16)10-20(27)28/h1-6H,7-10H2,(H,21,22)(H,23,24)(H,25,26)(H,27,28). The van der Waals surface area contributed by atoms with Gasteiger partial charge in [0.2, 0.25) is 0 Å². The Morgan fingerprint density at radius 2 is 0.931 bits per heavy atom. The Morgan fingerprint density at radius 1 is 0.586 bits per heavy atom. The third-order valence-electron chi connectivity index (χ3n) is 3.88. The average molecular weight is 402 g/mol. The highest BCUT2D eigenvalue weighted by Crippen LogP contribution is 2.31. The lowest BCUT2D eigenvalue weighted by molar-refractivity contribution is -0.137. The highest BCUT2D eigenvalue weighted by atomic mass is 16.5. The van der Waals surface area contributed by atoms with E-state index in [9.17, 15) is 19.2 Å². The summed E-state index contributed by atoms with van der Waals surface area (Å²) in [5.74, 6) is -4.32. The van der Waals surface area contributed by atoms with Gasteiger partial charge in [0, 0.05) is 11.1 Å². The zero-order chi connectivity index (χ0) is 21.6. The monoisotopic (exact) mass is 402 g/mol. The van der Waals surface area contributed by atoms with Gasteiger partial charge in [-0.05, 0) is 23.3 Å². The number of benzene rings is 2. The maximum Gasteiger partial charge on any atom is 0.307 e. The largest absolute Gasteiger partial charge is 0.481 e. The van der Waals surface area contributed by atoms with Crippen LogP contribution in [0.2, 0.25) is 0 Å². The molecular formula is C20H18O9. The lowest BCUT2D eigenvalue weighted by Crippen LogP contribution is -2.07. The van der Waals surface area contributed by atoms with Crippen molar-refractivity contribution in [3.63, 3.8) is 0 Å². The number of carbonyl (C=O) groups is 4. The molecule has 2 rings (SSSR count). The smallest absolute Gasteiger partial charge is 0.307 e. The van der Waals surface area contributed by atoms with Gasteiger partial charge in [-0.3, -0.25) is 19.2 Å². The summed E-state index contributed by atoms with van der Waals surface area (Å²) in [6.45, 7) is 0. The van der Waals surface area contributed by atoms with Gasteiger partial charge >= 0.3 is 23.9 Å². The fraction of sp³-hybridized carbons (Fsp3) is 0.200. The Morgan fingerprint density at radius 3 is 1.24 bits per heavy atom. The maximum absolute atomic E-state index is 11.1. The van der Waals surface area contributed by atoms with Crippen molar-refractivity contribution >= 4 is 23.9 Å². The van der Waals surface area contributed by atoms with Gasteiger partial charge in [-0.25, -0.2) is 0 Å². The number of rotatable bonds is 10. The van der Waals surface area contributed by atoms with Crippen LogP contribution in [-0.4, -0.2) is 44.3 Å². The van der Waals surface area contributed by atoms with Crippen LogP contribution in [0.15, 0.2) is 36.4 Å². The van der Waals surface area contributed by atoms with Crippen LogP contribution in [-0.2, 0) is 44.9 Å². The van der Waals surface area contributed by atoms with E-state index in [2.05, 4.69) is 0 Å². The number of aliphatic carboxylic acids is 4. The van der Waals surface area contributed by atoms with E-state index < -0.39 is 36.7 Å². The van der Waals surface area contributed by atoms with Crippen molar-refractivity contribution in [1.82, 2.24) is 0 Å². The second-order valence-corrected chi connectivity index (χ2v) is 6.27. The third-order valence-corrected chi connectivity index (χ3v) is 3.88. The van der Waals surface area contributed by atoms with E-state index in [-0.39, 0.29) is 35.5 Å². The molecule has 0 amide bonds. The van der Waals surface area contributed by atoms with Crippen molar-refractivity contribution in [2.45, 2.75) is 25.7 Å². The molecule has 0 aliphatic carbocycles. The van der Waals surface area contributed by atoms with Gasteiger partial charge in [0.1, 0.15) is 11.5 Å². The number of hydrogen-bond acceptors (Lipinski definition) is 5. The Kier molecular flexibility index (Phi) is 6.91. The number of ether oxygens (including phenoxy) is 1. The molecule has 0 heterocycles. The first-order chi connectivity index (χ1) is 13.6. The molecule has 0 atom stereocenters. The predicted octanol–water partition coefficient (Wildman–Crippen LogP) is 1.99. The zero-order valence-corrected chi connectivity index (χ0v) is 15.1. The van der Waals surface area contributed by atoms with E-state index in [0.29, 0.717) is 11.1 Å². The molecule has 0 unspecified atom stereocenters. The molecule has 0 radical (unpaired) electrons. The summed E-state index contributed by atoms with van der Waals surface area (Å²) in [5, 5.41) is 36.1. The van der Waals surface area contributed by atoms with Crippen molar-refractivity contribution in [3.05, 3.63) is 58.7 Å². The second-order valence-electron chi connectivity index (χ2n) is 6.27. The van der Waals surface area contributed by atoms with Crippen LogP contribution in [0.5, 0.6) is 11.5 Å². The summed E-state index contributed by atoms with van der Waals surface area (Å²) in [4.78, 5) is 44.2. The van der Waals surface area contributed by atoms with Crippen LogP contribution < -0.4 is 4.74 Å². The molecule has 9 heteroatoms. The first-order valence-corrected chi connectivity index (χ1v) is 8.42. The van der Waals surface area contributed by atoms with E-state index in [1.54, 1.807) is 0 Å². The quantitative estimate of drug-likeness (QED) is 0.466. The molecule has 152 valence electrons. The first-order valence-electron chi connectivity index (χ1n) is 8.42. The molecule has 0 aliphatic rings. The van der Waals surface area contributed by atoms with Gasteiger partial charge in [0.05, 0.1) is 25.7 Å².